The standard InChI is InChI=1S/C23H19FN6O2/c1-29(20-11-32-10-13-5-12(8-25)3-4-14(13)20)23(31)15-6-16-19(7-18(15)24)28-22(26)17-9-27-30(2)21(16)17/h3-7,9,20H,10-11H2,1-2H3,(H2,26,28)/t20-/m1/s1. The lowest BCUT2D eigenvalue weighted by Gasteiger charge is -2.33. The zero-order valence-electron chi connectivity index (χ0n) is 17.5. The molecule has 0 unspecified atom stereocenters. The van der Waals surface area contributed by atoms with Gasteiger partial charge in [-0.2, -0.15) is 10.4 Å². The van der Waals surface area contributed by atoms with Crippen LogP contribution >= 0.6 is 0 Å². The van der Waals surface area contributed by atoms with Crippen molar-refractivity contribution < 1.29 is 13.9 Å². The normalized spacial score (nSPS) is 15.5. The highest BCUT2D eigenvalue weighted by Gasteiger charge is 2.30. The molecule has 2 aromatic heterocycles. The van der Waals surface area contributed by atoms with Crippen LogP contribution in [-0.4, -0.2) is 39.2 Å². The van der Waals surface area contributed by atoms with Crippen molar-refractivity contribution in [3.05, 3.63) is 64.6 Å². The molecule has 0 fully saturated rings. The Kier molecular flexibility index (Phi) is 4.53. The molecule has 4 aromatic rings. The van der Waals surface area contributed by atoms with Crippen LogP contribution in [0.2, 0.25) is 0 Å². The Balaban J connectivity index is 1.59. The number of nitriles is 1. The Bertz CT molecular complexity index is 1450. The van der Waals surface area contributed by atoms with E-state index in [4.69, 9.17) is 15.7 Å². The molecule has 0 saturated heterocycles. The van der Waals surface area contributed by atoms with Crippen molar-refractivity contribution in [2.75, 3.05) is 19.4 Å². The van der Waals surface area contributed by atoms with E-state index >= 15 is 4.39 Å². The molecule has 1 aliphatic rings. The first-order valence-corrected chi connectivity index (χ1v) is 9.97. The molecule has 32 heavy (non-hydrogen) atoms. The van der Waals surface area contributed by atoms with Crippen molar-refractivity contribution in [2.45, 2.75) is 12.6 Å². The number of fused-ring (bicyclic) bond motifs is 4. The monoisotopic (exact) mass is 430 g/mol. The summed E-state index contributed by atoms with van der Waals surface area (Å²) < 4.78 is 22.3. The average molecular weight is 430 g/mol. The molecule has 2 N–H and O–H groups in total. The van der Waals surface area contributed by atoms with Gasteiger partial charge in [0.25, 0.3) is 5.91 Å². The topological polar surface area (TPSA) is 110 Å². The second-order valence-corrected chi connectivity index (χ2v) is 7.85. The Morgan fingerprint density at radius 1 is 1.34 bits per heavy atom. The van der Waals surface area contributed by atoms with E-state index in [2.05, 4.69) is 16.2 Å². The molecule has 5 rings (SSSR count). The van der Waals surface area contributed by atoms with Gasteiger partial charge in [-0.1, -0.05) is 6.07 Å². The number of benzene rings is 2. The number of hydrogen-bond acceptors (Lipinski definition) is 6. The van der Waals surface area contributed by atoms with E-state index in [0.29, 0.717) is 34.0 Å². The van der Waals surface area contributed by atoms with Gasteiger partial charge in [0, 0.05) is 25.5 Å². The van der Waals surface area contributed by atoms with Crippen LogP contribution in [0.5, 0.6) is 0 Å². The SMILES string of the molecule is CN(C(=O)c1cc2c(cc1F)nc(N)c1cnn(C)c12)[C@@H]1COCc2cc(C#N)ccc21. The third-order valence-electron chi connectivity index (χ3n) is 5.98. The third kappa shape index (κ3) is 2.96. The predicted molar refractivity (Wildman–Crippen MR) is 116 cm³/mol. The minimum absolute atomic E-state index is 0.0742. The molecule has 8 nitrogen and oxygen atoms in total. The lowest BCUT2D eigenvalue weighted by molar-refractivity contribution is 0.0343. The molecule has 1 aliphatic heterocycles. The molecule has 0 aliphatic carbocycles. The summed E-state index contributed by atoms with van der Waals surface area (Å²) in [7, 11) is 3.37. The second-order valence-electron chi connectivity index (χ2n) is 7.85. The van der Waals surface area contributed by atoms with Crippen LogP contribution in [0.25, 0.3) is 21.8 Å². The van der Waals surface area contributed by atoms with Gasteiger partial charge in [0.05, 0.1) is 59.1 Å². The number of anilines is 1. The van der Waals surface area contributed by atoms with Crippen molar-refractivity contribution in [2.24, 2.45) is 7.05 Å². The number of halogens is 1. The average Bonchev–Trinajstić information content (AvgIpc) is 3.19. The number of aromatic nitrogens is 3. The van der Waals surface area contributed by atoms with Gasteiger partial charge in [-0.3, -0.25) is 9.48 Å². The Morgan fingerprint density at radius 2 is 2.16 bits per heavy atom. The van der Waals surface area contributed by atoms with Crippen molar-refractivity contribution in [3.8, 4) is 6.07 Å². The first-order valence-electron chi connectivity index (χ1n) is 9.97. The largest absolute Gasteiger partial charge is 0.383 e. The maximum Gasteiger partial charge on any atom is 0.257 e. The van der Waals surface area contributed by atoms with Crippen LogP contribution < -0.4 is 5.73 Å². The van der Waals surface area contributed by atoms with E-state index in [1.54, 1.807) is 37.1 Å². The van der Waals surface area contributed by atoms with Crippen molar-refractivity contribution >= 4 is 33.5 Å². The quantitative estimate of drug-likeness (QED) is 0.523. The van der Waals surface area contributed by atoms with Gasteiger partial charge < -0.3 is 15.4 Å². The zero-order valence-corrected chi connectivity index (χ0v) is 17.5. The van der Waals surface area contributed by atoms with Gasteiger partial charge in [-0.25, -0.2) is 9.37 Å². The molecule has 3 heterocycles. The van der Waals surface area contributed by atoms with Crippen LogP contribution in [0, 0.1) is 17.1 Å². The van der Waals surface area contributed by atoms with Gasteiger partial charge >= 0.3 is 0 Å². The fourth-order valence-corrected chi connectivity index (χ4v) is 4.29. The minimum Gasteiger partial charge on any atom is -0.383 e. The van der Waals surface area contributed by atoms with Crippen molar-refractivity contribution in [1.82, 2.24) is 19.7 Å². The molecule has 0 spiro atoms. The number of ether oxygens (including phenoxy) is 1. The third-order valence-corrected chi connectivity index (χ3v) is 5.98. The number of likely N-dealkylation sites (N-methyl/N-ethyl adjacent to an activating group) is 1. The van der Waals surface area contributed by atoms with Crippen LogP contribution in [0.1, 0.15) is 33.1 Å². The van der Waals surface area contributed by atoms with Gasteiger partial charge in [0.1, 0.15) is 11.6 Å². The summed E-state index contributed by atoms with van der Waals surface area (Å²) in [6.07, 6.45) is 1.60. The number of rotatable bonds is 2. The lowest BCUT2D eigenvalue weighted by Crippen LogP contribution is -2.36. The zero-order chi connectivity index (χ0) is 22.6. The summed E-state index contributed by atoms with van der Waals surface area (Å²) in [6, 6.07) is 9.72. The summed E-state index contributed by atoms with van der Waals surface area (Å²) in [4.78, 5) is 19.1. The fourth-order valence-electron chi connectivity index (χ4n) is 4.29. The first kappa shape index (κ1) is 19.9. The summed E-state index contributed by atoms with van der Waals surface area (Å²) in [5, 5.41) is 14.6. The molecule has 2 aromatic carbocycles. The number of nitrogens with zero attached hydrogens (tertiary/aromatic N) is 5. The van der Waals surface area contributed by atoms with Crippen LogP contribution in [-0.2, 0) is 18.4 Å². The molecule has 0 bridgehead atoms. The van der Waals surface area contributed by atoms with E-state index in [1.165, 1.54) is 17.0 Å². The minimum atomic E-state index is -0.681. The first-order chi connectivity index (χ1) is 15.4. The molecule has 160 valence electrons. The molecular weight excluding hydrogens is 411 g/mol. The Morgan fingerprint density at radius 3 is 2.94 bits per heavy atom. The highest BCUT2D eigenvalue weighted by molar-refractivity contribution is 6.10. The van der Waals surface area contributed by atoms with Gasteiger partial charge in [0.2, 0.25) is 0 Å². The maximum absolute atomic E-state index is 15.0. The molecule has 1 amide bonds. The van der Waals surface area contributed by atoms with Gasteiger partial charge in [-0.15, -0.1) is 0 Å². The highest BCUT2D eigenvalue weighted by atomic mass is 19.1. The summed E-state index contributed by atoms with van der Waals surface area (Å²) in [6.45, 7) is 0.639. The number of carbonyl (C=O) groups is 1. The molecule has 1 atom stereocenters. The number of hydrogen-bond donors (Lipinski definition) is 1. The predicted octanol–water partition coefficient (Wildman–Crippen LogP) is 3.06. The summed E-state index contributed by atoms with van der Waals surface area (Å²) in [5.41, 5.74) is 9.21. The molecule has 0 saturated carbocycles. The smallest absolute Gasteiger partial charge is 0.257 e. The molecule has 9 heteroatoms. The summed E-state index contributed by atoms with van der Waals surface area (Å²) in [5.74, 6) is -0.911. The van der Waals surface area contributed by atoms with Crippen molar-refractivity contribution in [1.29, 1.82) is 5.26 Å². The van der Waals surface area contributed by atoms with Crippen LogP contribution in [0.4, 0.5) is 10.2 Å². The Labute approximate surface area is 182 Å². The van der Waals surface area contributed by atoms with E-state index < -0.39 is 17.8 Å². The van der Waals surface area contributed by atoms with E-state index in [9.17, 15) is 4.79 Å². The van der Waals surface area contributed by atoms with Gasteiger partial charge in [0.15, 0.2) is 0 Å². The summed E-state index contributed by atoms with van der Waals surface area (Å²) >= 11 is 0. The lowest BCUT2D eigenvalue weighted by atomic mass is 9.95. The number of nitrogens with two attached hydrogens (primary N) is 1. The number of amides is 1. The maximum atomic E-state index is 15.0. The van der Waals surface area contributed by atoms with Crippen LogP contribution in [0.3, 0.4) is 0 Å². The van der Waals surface area contributed by atoms with E-state index in [0.717, 1.165) is 11.1 Å². The van der Waals surface area contributed by atoms with E-state index in [1.807, 2.05) is 6.07 Å². The number of pyridine rings is 1. The molecule has 0 radical (unpaired) electrons. The number of nitrogen functional groups attached to an aromatic ring is 1. The number of carbonyl (C=O) groups excluding carboxylic acids is 1. The Hall–Kier alpha value is -4.03. The molecular formula is C23H19FN6O2. The fraction of sp³-hybridized carbons (Fsp3) is 0.217. The van der Waals surface area contributed by atoms with Crippen molar-refractivity contribution in [3.63, 3.8) is 0 Å². The van der Waals surface area contributed by atoms with Gasteiger partial charge in [-0.05, 0) is 29.3 Å². The van der Waals surface area contributed by atoms with E-state index in [-0.39, 0.29) is 18.0 Å². The number of aryl methyl sites for hydroxylation is 1. The van der Waals surface area contributed by atoms with Crippen LogP contribution in [0.15, 0.2) is 36.5 Å². The highest BCUT2D eigenvalue weighted by Crippen LogP contribution is 2.33. The second kappa shape index (κ2) is 7.28.